The highest BCUT2D eigenvalue weighted by Crippen LogP contribution is 2.34. The molecule has 0 spiro atoms. The van der Waals surface area contributed by atoms with E-state index in [1.54, 1.807) is 13.0 Å². The molecule has 0 aliphatic carbocycles. The summed E-state index contributed by atoms with van der Waals surface area (Å²) >= 11 is 1.31. The molecule has 1 aromatic heterocycles. The summed E-state index contributed by atoms with van der Waals surface area (Å²) in [6.07, 6.45) is 0. The number of anilines is 2. The zero-order chi connectivity index (χ0) is 20.4. The highest BCUT2D eigenvalue weighted by atomic mass is 32.1. The standard InChI is InChI=1S/C20H22N2O5S/c1-5-26-20(25)18-12(3)13(4)28-19(18)21-16(23)9-22-14-8-11(2)6-7-15(14)27-10-17(22)24/h6-8H,5,9-10H2,1-4H3,(H,21,23). The van der Waals surface area contributed by atoms with Gasteiger partial charge in [0.05, 0.1) is 17.9 Å². The predicted octanol–water partition coefficient (Wildman–Crippen LogP) is 3.21. The molecule has 0 saturated carbocycles. The van der Waals surface area contributed by atoms with Crippen LogP contribution in [0, 0.1) is 20.8 Å². The highest BCUT2D eigenvalue weighted by molar-refractivity contribution is 7.16. The van der Waals surface area contributed by atoms with Crippen LogP contribution in [0.2, 0.25) is 0 Å². The fourth-order valence-corrected chi connectivity index (χ4v) is 4.02. The summed E-state index contributed by atoms with van der Waals surface area (Å²) < 4.78 is 10.5. The van der Waals surface area contributed by atoms with Crippen LogP contribution in [0.25, 0.3) is 0 Å². The number of nitrogens with one attached hydrogen (secondary N) is 1. The van der Waals surface area contributed by atoms with Crippen molar-refractivity contribution in [2.45, 2.75) is 27.7 Å². The molecule has 2 amide bonds. The summed E-state index contributed by atoms with van der Waals surface area (Å²) in [5.74, 6) is -0.594. The third kappa shape index (κ3) is 3.87. The minimum Gasteiger partial charge on any atom is -0.482 e. The molecule has 0 bridgehead atoms. The van der Waals surface area contributed by atoms with Gasteiger partial charge in [-0.1, -0.05) is 6.07 Å². The molecule has 3 rings (SSSR count). The Hall–Kier alpha value is -2.87. The predicted molar refractivity (Wildman–Crippen MR) is 107 cm³/mol. The molecule has 0 unspecified atom stereocenters. The normalized spacial score (nSPS) is 13.0. The number of aryl methyl sites for hydroxylation is 2. The van der Waals surface area contributed by atoms with E-state index in [2.05, 4.69) is 5.32 Å². The summed E-state index contributed by atoms with van der Waals surface area (Å²) in [5.41, 5.74) is 2.66. The highest BCUT2D eigenvalue weighted by Gasteiger charge is 2.28. The van der Waals surface area contributed by atoms with Gasteiger partial charge in [0.15, 0.2) is 6.61 Å². The molecule has 2 aromatic rings. The Kier molecular flexibility index (Phi) is 5.69. The average molecular weight is 402 g/mol. The molecule has 1 aromatic carbocycles. The Morgan fingerprint density at radius 2 is 2.04 bits per heavy atom. The van der Waals surface area contributed by atoms with Crippen LogP contribution in [0.1, 0.15) is 33.3 Å². The molecule has 0 radical (unpaired) electrons. The number of carbonyl (C=O) groups excluding carboxylic acids is 3. The van der Waals surface area contributed by atoms with Crippen molar-refractivity contribution in [3.05, 3.63) is 39.8 Å². The van der Waals surface area contributed by atoms with Crippen LogP contribution in [0.3, 0.4) is 0 Å². The molecule has 148 valence electrons. The lowest BCUT2D eigenvalue weighted by atomic mass is 10.1. The van der Waals surface area contributed by atoms with E-state index in [0.717, 1.165) is 16.0 Å². The van der Waals surface area contributed by atoms with Gasteiger partial charge in [0, 0.05) is 4.88 Å². The van der Waals surface area contributed by atoms with Crippen molar-refractivity contribution in [1.29, 1.82) is 0 Å². The third-order valence-electron chi connectivity index (χ3n) is 4.48. The van der Waals surface area contributed by atoms with Gasteiger partial charge in [-0.05, 0) is 51.0 Å². The van der Waals surface area contributed by atoms with E-state index < -0.39 is 11.9 Å². The number of esters is 1. The smallest absolute Gasteiger partial charge is 0.341 e. The molecule has 1 N–H and O–H groups in total. The van der Waals surface area contributed by atoms with Crippen LogP contribution >= 0.6 is 11.3 Å². The van der Waals surface area contributed by atoms with Gasteiger partial charge in [-0.15, -0.1) is 11.3 Å². The number of amides is 2. The average Bonchev–Trinajstić information content (AvgIpc) is 2.91. The van der Waals surface area contributed by atoms with E-state index in [1.807, 2.05) is 32.9 Å². The lowest BCUT2D eigenvalue weighted by Gasteiger charge is -2.29. The lowest BCUT2D eigenvalue weighted by molar-refractivity contribution is -0.123. The van der Waals surface area contributed by atoms with Gasteiger partial charge in [-0.25, -0.2) is 4.79 Å². The van der Waals surface area contributed by atoms with Crippen molar-refractivity contribution in [2.75, 3.05) is 30.0 Å². The maximum atomic E-state index is 12.7. The summed E-state index contributed by atoms with van der Waals surface area (Å²) in [4.78, 5) is 39.6. The van der Waals surface area contributed by atoms with E-state index in [4.69, 9.17) is 9.47 Å². The number of carbonyl (C=O) groups is 3. The van der Waals surface area contributed by atoms with Crippen LogP contribution < -0.4 is 15.0 Å². The number of hydrogen-bond donors (Lipinski definition) is 1. The SMILES string of the molecule is CCOC(=O)c1c(NC(=O)CN2C(=O)COc3ccc(C)cc32)sc(C)c1C. The fraction of sp³-hybridized carbons (Fsp3) is 0.350. The minimum atomic E-state index is -0.469. The maximum absolute atomic E-state index is 12.7. The first-order valence-corrected chi connectivity index (χ1v) is 9.74. The Balaban J connectivity index is 1.82. The molecule has 28 heavy (non-hydrogen) atoms. The molecule has 1 aliphatic rings. The molecule has 0 atom stereocenters. The van der Waals surface area contributed by atoms with Gasteiger partial charge in [0.2, 0.25) is 5.91 Å². The van der Waals surface area contributed by atoms with Crippen LogP contribution in [0.15, 0.2) is 18.2 Å². The molecule has 0 fully saturated rings. The molecule has 1 aliphatic heterocycles. The summed E-state index contributed by atoms with van der Waals surface area (Å²) in [5, 5.41) is 3.20. The zero-order valence-corrected chi connectivity index (χ0v) is 17.1. The number of thiophene rings is 1. The largest absolute Gasteiger partial charge is 0.482 e. The minimum absolute atomic E-state index is 0.116. The van der Waals surface area contributed by atoms with Crippen molar-refractivity contribution in [2.24, 2.45) is 0 Å². The number of fused-ring (bicyclic) bond motifs is 1. The van der Waals surface area contributed by atoms with Gasteiger partial charge >= 0.3 is 5.97 Å². The lowest BCUT2D eigenvalue weighted by Crippen LogP contribution is -2.43. The maximum Gasteiger partial charge on any atom is 0.341 e. The summed E-state index contributed by atoms with van der Waals surface area (Å²) in [6, 6.07) is 5.48. The third-order valence-corrected chi connectivity index (χ3v) is 5.60. The number of rotatable bonds is 5. The van der Waals surface area contributed by atoms with E-state index in [0.29, 0.717) is 22.0 Å². The molecule has 2 heterocycles. The van der Waals surface area contributed by atoms with Crippen molar-refractivity contribution >= 4 is 39.8 Å². The second-order valence-corrected chi connectivity index (χ2v) is 7.72. The Bertz CT molecular complexity index is 950. The monoisotopic (exact) mass is 402 g/mol. The molecule has 8 heteroatoms. The number of nitrogens with zero attached hydrogens (tertiary/aromatic N) is 1. The van der Waals surface area contributed by atoms with Gasteiger partial charge in [0.25, 0.3) is 5.91 Å². The zero-order valence-electron chi connectivity index (χ0n) is 16.3. The van der Waals surface area contributed by atoms with Crippen molar-refractivity contribution in [3.8, 4) is 5.75 Å². The Labute approximate surface area is 167 Å². The van der Waals surface area contributed by atoms with Gasteiger partial charge in [-0.2, -0.15) is 0 Å². The van der Waals surface area contributed by atoms with Crippen LogP contribution in [-0.2, 0) is 14.3 Å². The second kappa shape index (κ2) is 8.02. The van der Waals surface area contributed by atoms with Crippen molar-refractivity contribution in [1.82, 2.24) is 0 Å². The fourth-order valence-electron chi connectivity index (χ4n) is 2.96. The number of hydrogen-bond acceptors (Lipinski definition) is 6. The molecular formula is C20H22N2O5S. The summed E-state index contributed by atoms with van der Waals surface area (Å²) in [6.45, 7) is 7.29. The molecule has 0 saturated heterocycles. The number of benzene rings is 1. The van der Waals surface area contributed by atoms with Gasteiger partial charge in [-0.3, -0.25) is 14.5 Å². The van der Waals surface area contributed by atoms with Crippen LogP contribution in [0.5, 0.6) is 5.75 Å². The molecule has 7 nitrogen and oxygen atoms in total. The summed E-state index contributed by atoms with van der Waals surface area (Å²) in [7, 11) is 0. The van der Waals surface area contributed by atoms with E-state index in [9.17, 15) is 14.4 Å². The second-order valence-electron chi connectivity index (χ2n) is 6.50. The van der Waals surface area contributed by atoms with Crippen LogP contribution in [-0.4, -0.2) is 37.5 Å². The first-order chi connectivity index (χ1) is 13.3. The van der Waals surface area contributed by atoms with E-state index in [-0.39, 0.29) is 25.7 Å². The number of ether oxygens (including phenoxy) is 2. The van der Waals surface area contributed by atoms with Crippen molar-refractivity contribution < 1.29 is 23.9 Å². The molecular weight excluding hydrogens is 380 g/mol. The first-order valence-electron chi connectivity index (χ1n) is 8.92. The topological polar surface area (TPSA) is 84.9 Å². The van der Waals surface area contributed by atoms with Crippen molar-refractivity contribution in [3.63, 3.8) is 0 Å². The van der Waals surface area contributed by atoms with E-state index >= 15 is 0 Å². The van der Waals surface area contributed by atoms with Gasteiger partial charge in [0.1, 0.15) is 17.3 Å². The first kappa shape index (κ1) is 19.9. The van der Waals surface area contributed by atoms with Crippen LogP contribution in [0.4, 0.5) is 10.7 Å². The quantitative estimate of drug-likeness (QED) is 0.777. The van der Waals surface area contributed by atoms with E-state index in [1.165, 1.54) is 16.2 Å². The Morgan fingerprint density at radius 1 is 1.29 bits per heavy atom. The Morgan fingerprint density at radius 3 is 2.75 bits per heavy atom. The van der Waals surface area contributed by atoms with Gasteiger partial charge < -0.3 is 14.8 Å².